The number of H-pyrrole nitrogens is 1. The predicted octanol–water partition coefficient (Wildman–Crippen LogP) is 1.89. The Bertz CT molecular complexity index is 697. The van der Waals surface area contributed by atoms with Gasteiger partial charge in [-0.25, -0.2) is 4.79 Å². The summed E-state index contributed by atoms with van der Waals surface area (Å²) in [6.07, 6.45) is 0.708. The van der Waals surface area contributed by atoms with Gasteiger partial charge in [-0.3, -0.25) is 4.79 Å². The SMILES string of the molecule is COc1ccc(CNC(=O)[C@@H](C)OC(=O)c2ccc[nH]2)cc1OC. The number of carbonyl (C=O) groups excluding carboxylic acids is 2. The predicted molar refractivity (Wildman–Crippen MR) is 87.1 cm³/mol. The zero-order valence-corrected chi connectivity index (χ0v) is 13.8. The van der Waals surface area contributed by atoms with Gasteiger partial charge in [0.25, 0.3) is 5.91 Å². The van der Waals surface area contributed by atoms with Crippen LogP contribution in [0.25, 0.3) is 0 Å². The number of aromatic amines is 1. The summed E-state index contributed by atoms with van der Waals surface area (Å²) in [4.78, 5) is 26.6. The molecule has 128 valence electrons. The third-order valence-electron chi connectivity index (χ3n) is 3.39. The van der Waals surface area contributed by atoms with Gasteiger partial charge in [0.15, 0.2) is 17.6 Å². The third kappa shape index (κ3) is 4.28. The number of hydrogen-bond donors (Lipinski definition) is 2. The fourth-order valence-electron chi connectivity index (χ4n) is 2.06. The minimum absolute atomic E-state index is 0.281. The van der Waals surface area contributed by atoms with E-state index in [1.54, 1.807) is 44.7 Å². The molecule has 0 unspecified atom stereocenters. The van der Waals surface area contributed by atoms with Crippen LogP contribution in [0.15, 0.2) is 36.5 Å². The van der Waals surface area contributed by atoms with E-state index in [2.05, 4.69) is 10.3 Å². The first-order valence-electron chi connectivity index (χ1n) is 7.38. The van der Waals surface area contributed by atoms with Crippen molar-refractivity contribution in [3.8, 4) is 11.5 Å². The fourth-order valence-corrected chi connectivity index (χ4v) is 2.06. The number of aromatic nitrogens is 1. The van der Waals surface area contributed by atoms with E-state index in [4.69, 9.17) is 14.2 Å². The molecule has 0 aliphatic heterocycles. The quantitative estimate of drug-likeness (QED) is 0.756. The number of hydrogen-bond acceptors (Lipinski definition) is 5. The number of methoxy groups -OCH3 is 2. The summed E-state index contributed by atoms with van der Waals surface area (Å²) in [7, 11) is 3.10. The molecule has 1 heterocycles. The maximum atomic E-state index is 12.0. The second kappa shape index (κ2) is 8.05. The lowest BCUT2D eigenvalue weighted by atomic mass is 10.2. The monoisotopic (exact) mass is 332 g/mol. The molecule has 7 nitrogen and oxygen atoms in total. The molecule has 0 radical (unpaired) electrons. The molecule has 0 aliphatic carbocycles. The Morgan fingerprint density at radius 3 is 2.54 bits per heavy atom. The Kier molecular flexibility index (Phi) is 5.83. The molecule has 0 aliphatic rings. The van der Waals surface area contributed by atoms with Crippen molar-refractivity contribution in [2.45, 2.75) is 19.6 Å². The highest BCUT2D eigenvalue weighted by Gasteiger charge is 2.19. The zero-order chi connectivity index (χ0) is 17.5. The molecule has 0 saturated heterocycles. The molecule has 0 bridgehead atoms. The Labute approximate surface area is 139 Å². The zero-order valence-electron chi connectivity index (χ0n) is 13.8. The van der Waals surface area contributed by atoms with E-state index in [9.17, 15) is 9.59 Å². The maximum absolute atomic E-state index is 12.0. The molecule has 2 rings (SSSR count). The van der Waals surface area contributed by atoms with Crippen LogP contribution in [0.2, 0.25) is 0 Å². The summed E-state index contributed by atoms with van der Waals surface area (Å²) < 4.78 is 15.5. The van der Waals surface area contributed by atoms with Crippen LogP contribution in [0.3, 0.4) is 0 Å². The molecule has 0 saturated carbocycles. The van der Waals surface area contributed by atoms with Crippen molar-refractivity contribution in [1.29, 1.82) is 0 Å². The Hall–Kier alpha value is -2.96. The number of esters is 1. The van der Waals surface area contributed by atoms with Crippen LogP contribution < -0.4 is 14.8 Å². The molecular weight excluding hydrogens is 312 g/mol. The van der Waals surface area contributed by atoms with E-state index in [1.807, 2.05) is 6.07 Å². The van der Waals surface area contributed by atoms with Crippen LogP contribution >= 0.6 is 0 Å². The van der Waals surface area contributed by atoms with Crippen molar-refractivity contribution in [2.24, 2.45) is 0 Å². The van der Waals surface area contributed by atoms with Crippen molar-refractivity contribution in [3.05, 3.63) is 47.8 Å². The second-order valence-corrected chi connectivity index (χ2v) is 5.04. The molecule has 0 spiro atoms. The minimum Gasteiger partial charge on any atom is -0.493 e. The lowest BCUT2D eigenvalue weighted by Gasteiger charge is -2.14. The van der Waals surface area contributed by atoms with Gasteiger partial charge in [-0.05, 0) is 36.8 Å². The van der Waals surface area contributed by atoms with Gasteiger partial charge in [-0.2, -0.15) is 0 Å². The summed E-state index contributed by atoms with van der Waals surface area (Å²) in [5.74, 6) is 0.231. The first kappa shape index (κ1) is 17.4. The van der Waals surface area contributed by atoms with E-state index in [1.165, 1.54) is 6.92 Å². The smallest absolute Gasteiger partial charge is 0.355 e. The molecule has 7 heteroatoms. The van der Waals surface area contributed by atoms with Gasteiger partial charge in [-0.15, -0.1) is 0 Å². The topological polar surface area (TPSA) is 89.6 Å². The van der Waals surface area contributed by atoms with E-state index in [0.29, 0.717) is 17.2 Å². The van der Waals surface area contributed by atoms with Gasteiger partial charge in [0.2, 0.25) is 0 Å². The van der Waals surface area contributed by atoms with Crippen LogP contribution in [0.5, 0.6) is 11.5 Å². The van der Waals surface area contributed by atoms with E-state index in [-0.39, 0.29) is 12.5 Å². The standard InChI is InChI=1S/C17H20N2O5/c1-11(24-17(21)13-5-4-8-18-13)16(20)19-10-12-6-7-14(22-2)15(9-12)23-3/h4-9,11,18H,10H2,1-3H3,(H,19,20)/t11-/m1/s1. The van der Waals surface area contributed by atoms with Crippen molar-refractivity contribution in [2.75, 3.05) is 14.2 Å². The van der Waals surface area contributed by atoms with Gasteiger partial charge in [0.05, 0.1) is 14.2 Å². The average molecular weight is 332 g/mol. The largest absolute Gasteiger partial charge is 0.493 e. The average Bonchev–Trinajstić information content (AvgIpc) is 3.13. The van der Waals surface area contributed by atoms with E-state index in [0.717, 1.165) is 5.56 Å². The Morgan fingerprint density at radius 1 is 1.17 bits per heavy atom. The Balaban J connectivity index is 1.89. The molecule has 24 heavy (non-hydrogen) atoms. The highest BCUT2D eigenvalue weighted by molar-refractivity contribution is 5.90. The summed E-state index contributed by atoms with van der Waals surface area (Å²) in [6, 6.07) is 8.61. The summed E-state index contributed by atoms with van der Waals surface area (Å²) >= 11 is 0. The number of rotatable bonds is 7. The first-order chi connectivity index (χ1) is 11.5. The molecular formula is C17H20N2O5. The normalized spacial score (nSPS) is 11.5. The number of nitrogens with one attached hydrogen (secondary N) is 2. The van der Waals surface area contributed by atoms with Gasteiger partial charge >= 0.3 is 5.97 Å². The molecule has 2 aromatic rings. The molecule has 2 N–H and O–H groups in total. The third-order valence-corrected chi connectivity index (χ3v) is 3.39. The molecule has 1 amide bonds. The number of benzene rings is 1. The number of ether oxygens (including phenoxy) is 3. The number of carbonyl (C=O) groups is 2. The van der Waals surface area contributed by atoms with E-state index >= 15 is 0 Å². The van der Waals surface area contributed by atoms with Crippen LogP contribution in [0.1, 0.15) is 23.0 Å². The van der Waals surface area contributed by atoms with E-state index < -0.39 is 12.1 Å². The Morgan fingerprint density at radius 2 is 1.92 bits per heavy atom. The van der Waals surface area contributed by atoms with Crippen LogP contribution in [0.4, 0.5) is 0 Å². The molecule has 0 fully saturated rings. The van der Waals surface area contributed by atoms with Crippen molar-refractivity contribution >= 4 is 11.9 Å². The second-order valence-electron chi connectivity index (χ2n) is 5.04. The number of amides is 1. The van der Waals surface area contributed by atoms with Gasteiger partial charge in [-0.1, -0.05) is 6.07 Å². The van der Waals surface area contributed by atoms with Gasteiger partial charge < -0.3 is 24.5 Å². The van der Waals surface area contributed by atoms with Crippen LogP contribution in [-0.2, 0) is 16.1 Å². The lowest BCUT2D eigenvalue weighted by molar-refractivity contribution is -0.129. The maximum Gasteiger partial charge on any atom is 0.355 e. The van der Waals surface area contributed by atoms with Crippen molar-refractivity contribution < 1.29 is 23.8 Å². The molecule has 1 aromatic heterocycles. The van der Waals surface area contributed by atoms with Gasteiger partial charge in [0, 0.05) is 12.7 Å². The van der Waals surface area contributed by atoms with Crippen molar-refractivity contribution in [1.82, 2.24) is 10.3 Å². The fraction of sp³-hybridized carbons (Fsp3) is 0.294. The highest BCUT2D eigenvalue weighted by atomic mass is 16.5. The molecule has 1 atom stereocenters. The summed E-state index contributed by atoms with van der Waals surface area (Å²) in [6.45, 7) is 1.80. The lowest BCUT2D eigenvalue weighted by Crippen LogP contribution is -2.35. The van der Waals surface area contributed by atoms with Crippen LogP contribution in [-0.4, -0.2) is 37.2 Å². The highest BCUT2D eigenvalue weighted by Crippen LogP contribution is 2.27. The minimum atomic E-state index is -0.902. The van der Waals surface area contributed by atoms with Crippen molar-refractivity contribution in [3.63, 3.8) is 0 Å². The first-order valence-corrected chi connectivity index (χ1v) is 7.38. The van der Waals surface area contributed by atoms with Crippen LogP contribution in [0, 0.1) is 0 Å². The van der Waals surface area contributed by atoms with Gasteiger partial charge in [0.1, 0.15) is 5.69 Å². The summed E-state index contributed by atoms with van der Waals surface area (Å²) in [5.41, 5.74) is 1.14. The summed E-state index contributed by atoms with van der Waals surface area (Å²) in [5, 5.41) is 2.72. The molecule has 1 aromatic carbocycles.